The molecule has 7 heteroatoms. The number of hydrogen-bond acceptors (Lipinski definition) is 6. The molecule has 21 heavy (non-hydrogen) atoms. The van der Waals surface area contributed by atoms with Gasteiger partial charge in [0.25, 0.3) is 0 Å². The van der Waals surface area contributed by atoms with Crippen molar-refractivity contribution in [2.45, 2.75) is 19.9 Å². The van der Waals surface area contributed by atoms with Crippen LogP contribution in [0.4, 0.5) is 5.69 Å². The summed E-state index contributed by atoms with van der Waals surface area (Å²) in [6.07, 6.45) is 0.906. The van der Waals surface area contributed by atoms with Gasteiger partial charge >= 0.3 is 11.7 Å². The largest absolute Gasteiger partial charge is 0.462 e. The maximum Gasteiger partial charge on any atom is 0.420 e. The predicted molar refractivity (Wildman–Crippen MR) is 77.0 cm³/mol. The van der Waals surface area contributed by atoms with Gasteiger partial charge in [-0.2, -0.15) is 0 Å². The molecule has 0 saturated carbocycles. The molecule has 1 aromatic carbocycles. The Labute approximate surface area is 121 Å². The Kier molecular flexibility index (Phi) is 4.99. The van der Waals surface area contributed by atoms with Crippen LogP contribution in [0.2, 0.25) is 0 Å². The van der Waals surface area contributed by atoms with Gasteiger partial charge in [-0.15, -0.1) is 0 Å². The molecule has 0 bridgehead atoms. The number of nitrogen functional groups attached to an aromatic ring is 1. The number of oxazole rings is 1. The van der Waals surface area contributed by atoms with Crippen molar-refractivity contribution in [3.63, 3.8) is 0 Å². The van der Waals surface area contributed by atoms with Crippen molar-refractivity contribution in [2.24, 2.45) is 0 Å². The molecule has 7 nitrogen and oxygen atoms in total. The van der Waals surface area contributed by atoms with Crippen LogP contribution in [0.1, 0.15) is 13.3 Å². The summed E-state index contributed by atoms with van der Waals surface area (Å²) in [4.78, 5) is 23.5. The van der Waals surface area contributed by atoms with Crippen LogP contribution in [0.15, 0.2) is 27.4 Å². The zero-order chi connectivity index (χ0) is 15.2. The molecule has 0 spiro atoms. The number of para-hydroxylation sites is 1. The maximum absolute atomic E-state index is 11.7. The van der Waals surface area contributed by atoms with Crippen LogP contribution in [0, 0.1) is 0 Å². The van der Waals surface area contributed by atoms with Crippen molar-refractivity contribution >= 4 is 22.8 Å². The molecule has 0 aliphatic heterocycles. The number of rotatable bonds is 7. The number of anilines is 1. The highest BCUT2D eigenvalue weighted by Gasteiger charge is 2.15. The first-order chi connectivity index (χ1) is 10.1. The quantitative estimate of drug-likeness (QED) is 0.467. The number of aromatic nitrogens is 1. The number of esters is 1. The van der Waals surface area contributed by atoms with Crippen molar-refractivity contribution in [3.05, 3.63) is 28.7 Å². The lowest BCUT2D eigenvalue weighted by molar-refractivity contribution is -0.145. The number of hydrogen-bond donors (Lipinski definition) is 1. The lowest BCUT2D eigenvalue weighted by Gasteiger charge is -2.06. The number of ether oxygens (including phenoxy) is 2. The summed E-state index contributed by atoms with van der Waals surface area (Å²) >= 11 is 0. The molecule has 2 aromatic rings. The molecule has 1 aromatic heterocycles. The van der Waals surface area contributed by atoms with Crippen molar-refractivity contribution < 1.29 is 18.7 Å². The van der Waals surface area contributed by atoms with Crippen LogP contribution < -0.4 is 11.5 Å². The molecule has 0 aliphatic carbocycles. The molecular formula is C14H18N2O5. The van der Waals surface area contributed by atoms with Crippen molar-refractivity contribution in [1.29, 1.82) is 0 Å². The van der Waals surface area contributed by atoms with Gasteiger partial charge in [0, 0.05) is 6.61 Å². The Hall–Kier alpha value is -2.28. The van der Waals surface area contributed by atoms with Crippen LogP contribution in [-0.4, -0.2) is 30.4 Å². The van der Waals surface area contributed by atoms with Gasteiger partial charge < -0.3 is 19.6 Å². The fraction of sp³-hybridized carbons (Fsp3) is 0.429. The van der Waals surface area contributed by atoms with Crippen LogP contribution in [0.3, 0.4) is 0 Å². The van der Waals surface area contributed by atoms with Crippen LogP contribution >= 0.6 is 0 Å². The van der Waals surface area contributed by atoms with E-state index in [1.165, 1.54) is 4.57 Å². The molecule has 0 radical (unpaired) electrons. The van der Waals surface area contributed by atoms with E-state index in [4.69, 9.17) is 19.6 Å². The first-order valence-electron chi connectivity index (χ1n) is 6.74. The van der Waals surface area contributed by atoms with Crippen LogP contribution in [0.5, 0.6) is 0 Å². The monoisotopic (exact) mass is 294 g/mol. The topological polar surface area (TPSA) is 96.7 Å². The Balaban J connectivity index is 2.01. The highest BCUT2D eigenvalue weighted by atomic mass is 16.6. The van der Waals surface area contributed by atoms with E-state index >= 15 is 0 Å². The van der Waals surface area contributed by atoms with Crippen LogP contribution in [-0.2, 0) is 20.8 Å². The fourth-order valence-electron chi connectivity index (χ4n) is 1.93. The van der Waals surface area contributed by atoms with E-state index in [9.17, 15) is 9.59 Å². The SMILES string of the molecule is CCCOCCOC(=O)Cn1c(=O)oc2cccc(N)c21. The van der Waals surface area contributed by atoms with Gasteiger partial charge in [0.2, 0.25) is 0 Å². The maximum atomic E-state index is 11.7. The standard InChI is InChI=1S/C14H18N2O5/c1-2-6-19-7-8-20-12(17)9-16-13-10(15)4-3-5-11(13)21-14(16)18/h3-5H,2,6-9,15H2,1H3. The van der Waals surface area contributed by atoms with E-state index in [1.807, 2.05) is 6.92 Å². The number of nitrogens with two attached hydrogens (primary N) is 1. The van der Waals surface area contributed by atoms with Gasteiger partial charge in [0.1, 0.15) is 18.7 Å². The van der Waals surface area contributed by atoms with Crippen molar-refractivity contribution in [3.8, 4) is 0 Å². The second kappa shape index (κ2) is 6.94. The summed E-state index contributed by atoms with van der Waals surface area (Å²) in [5, 5.41) is 0. The zero-order valence-electron chi connectivity index (χ0n) is 11.8. The van der Waals surface area contributed by atoms with Crippen LogP contribution in [0.25, 0.3) is 11.1 Å². The summed E-state index contributed by atoms with van der Waals surface area (Å²) in [6, 6.07) is 4.93. The molecule has 0 atom stereocenters. The molecule has 2 N–H and O–H groups in total. The Morgan fingerprint density at radius 3 is 2.90 bits per heavy atom. The van der Waals surface area contributed by atoms with E-state index in [2.05, 4.69) is 0 Å². The Morgan fingerprint density at radius 2 is 2.14 bits per heavy atom. The van der Waals surface area contributed by atoms with Gasteiger partial charge in [0.05, 0.1) is 12.3 Å². The van der Waals surface area contributed by atoms with E-state index in [0.717, 1.165) is 6.42 Å². The molecular weight excluding hydrogens is 276 g/mol. The second-order valence-electron chi connectivity index (χ2n) is 4.48. The predicted octanol–water partition coefficient (Wildman–Crippen LogP) is 1.15. The molecule has 2 rings (SSSR count). The summed E-state index contributed by atoms with van der Waals surface area (Å²) in [6.45, 7) is 2.86. The number of benzene rings is 1. The highest BCUT2D eigenvalue weighted by molar-refractivity contribution is 5.86. The molecule has 0 unspecified atom stereocenters. The van der Waals surface area contributed by atoms with E-state index in [-0.39, 0.29) is 13.2 Å². The first kappa shape index (κ1) is 15.1. The van der Waals surface area contributed by atoms with Gasteiger partial charge in [-0.25, -0.2) is 4.79 Å². The summed E-state index contributed by atoms with van der Waals surface area (Å²) in [5.41, 5.74) is 6.93. The van der Waals surface area contributed by atoms with Crippen molar-refractivity contribution in [1.82, 2.24) is 4.57 Å². The Morgan fingerprint density at radius 1 is 1.33 bits per heavy atom. The van der Waals surface area contributed by atoms with Gasteiger partial charge in [-0.3, -0.25) is 9.36 Å². The van der Waals surface area contributed by atoms with Gasteiger partial charge in [-0.05, 0) is 18.6 Å². The third-order valence-corrected chi connectivity index (χ3v) is 2.84. The molecule has 1 heterocycles. The van der Waals surface area contributed by atoms with E-state index in [1.54, 1.807) is 18.2 Å². The number of nitrogens with zero attached hydrogens (tertiary/aromatic N) is 1. The number of carbonyl (C=O) groups excluding carboxylic acids is 1. The van der Waals surface area contributed by atoms with E-state index < -0.39 is 11.7 Å². The molecule has 114 valence electrons. The lowest BCUT2D eigenvalue weighted by Crippen LogP contribution is -2.23. The lowest BCUT2D eigenvalue weighted by atomic mass is 10.3. The summed E-state index contributed by atoms with van der Waals surface area (Å²) in [7, 11) is 0. The normalized spacial score (nSPS) is 10.9. The van der Waals surface area contributed by atoms with Crippen molar-refractivity contribution in [2.75, 3.05) is 25.6 Å². The first-order valence-corrected chi connectivity index (χ1v) is 6.74. The zero-order valence-corrected chi connectivity index (χ0v) is 11.8. The summed E-state index contributed by atoms with van der Waals surface area (Å²) < 4.78 is 16.4. The Bertz CT molecular complexity index is 674. The number of fused-ring (bicyclic) bond motifs is 1. The average molecular weight is 294 g/mol. The molecule has 0 saturated heterocycles. The highest BCUT2D eigenvalue weighted by Crippen LogP contribution is 2.19. The minimum atomic E-state index is -0.637. The molecule has 0 fully saturated rings. The summed E-state index contributed by atoms with van der Waals surface area (Å²) in [5.74, 6) is -1.18. The van der Waals surface area contributed by atoms with E-state index in [0.29, 0.717) is 30.0 Å². The minimum absolute atomic E-state index is 0.152. The van der Waals surface area contributed by atoms with Gasteiger partial charge in [-0.1, -0.05) is 13.0 Å². The third-order valence-electron chi connectivity index (χ3n) is 2.84. The number of carbonyl (C=O) groups is 1. The molecule has 0 aliphatic rings. The third kappa shape index (κ3) is 3.63. The average Bonchev–Trinajstić information content (AvgIpc) is 2.76. The minimum Gasteiger partial charge on any atom is -0.462 e. The fourth-order valence-corrected chi connectivity index (χ4v) is 1.93. The smallest absolute Gasteiger partial charge is 0.420 e. The second-order valence-corrected chi connectivity index (χ2v) is 4.48. The van der Waals surface area contributed by atoms with Gasteiger partial charge in [0.15, 0.2) is 5.58 Å². The molecule has 0 amide bonds.